The molecule has 0 amide bonds. The number of hydrogen-bond donors (Lipinski definition) is 0. The van der Waals surface area contributed by atoms with Gasteiger partial charge in [-0.05, 0) is 78.4 Å². The lowest BCUT2D eigenvalue weighted by atomic mass is 10.0. The summed E-state index contributed by atoms with van der Waals surface area (Å²) < 4.78 is 52.9. The van der Waals surface area contributed by atoms with Crippen molar-refractivity contribution in [1.82, 2.24) is 8.75 Å². The van der Waals surface area contributed by atoms with Crippen LogP contribution in [0.2, 0.25) is 0 Å². The molecule has 2 aromatic heterocycles. The monoisotopic (exact) mass is 704 g/mol. The molecule has 3 aromatic carbocycles. The Hall–Kier alpha value is -3.53. The molecule has 0 aliphatic heterocycles. The Morgan fingerprint density at radius 1 is 0.771 bits per heavy atom. The van der Waals surface area contributed by atoms with Gasteiger partial charge in [0.2, 0.25) is 0 Å². The van der Waals surface area contributed by atoms with Crippen molar-refractivity contribution in [3.63, 3.8) is 0 Å². The first-order valence-corrected chi connectivity index (χ1v) is 18.9. The van der Waals surface area contributed by atoms with Gasteiger partial charge in [0, 0.05) is 19.6 Å². The van der Waals surface area contributed by atoms with E-state index in [0.29, 0.717) is 45.9 Å². The maximum absolute atomic E-state index is 16.0. The van der Waals surface area contributed by atoms with E-state index in [1.165, 1.54) is 23.1 Å². The fraction of sp³-hybridized carbons (Fsp3) is 0.333. The topological polar surface area (TPSA) is 44.2 Å². The highest BCUT2D eigenvalue weighted by molar-refractivity contribution is 8.16. The van der Waals surface area contributed by atoms with Gasteiger partial charge in [-0.2, -0.15) is 8.75 Å². The molecule has 0 radical (unpaired) electrons. The Morgan fingerprint density at radius 3 is 1.88 bits per heavy atom. The summed E-state index contributed by atoms with van der Waals surface area (Å²) in [5.41, 5.74) is 2.70. The summed E-state index contributed by atoms with van der Waals surface area (Å²) in [4.78, 5) is 2.73. The Balaban J connectivity index is 1.35. The molecule has 252 valence electrons. The van der Waals surface area contributed by atoms with Gasteiger partial charge in [0.15, 0.2) is 11.6 Å². The van der Waals surface area contributed by atoms with Gasteiger partial charge in [-0.25, -0.2) is 8.78 Å². The Bertz CT molecular complexity index is 1850. The molecule has 5 rings (SSSR count). The van der Waals surface area contributed by atoms with Crippen LogP contribution in [0.5, 0.6) is 11.5 Å². The first-order chi connectivity index (χ1) is 23.3. The van der Waals surface area contributed by atoms with E-state index in [0.717, 1.165) is 69.8 Å². The zero-order chi connectivity index (χ0) is 34.2. The van der Waals surface area contributed by atoms with Crippen LogP contribution in [0.3, 0.4) is 0 Å². The Morgan fingerprint density at radius 2 is 1.31 bits per heavy atom. The van der Waals surface area contributed by atoms with Crippen LogP contribution in [-0.4, -0.2) is 22.0 Å². The van der Waals surface area contributed by atoms with E-state index in [2.05, 4.69) is 43.0 Å². The molecule has 0 spiro atoms. The highest BCUT2D eigenvalue weighted by Gasteiger charge is 2.27. The van der Waals surface area contributed by atoms with Crippen LogP contribution in [-0.2, 0) is 0 Å². The second kappa shape index (κ2) is 16.7. The number of allylic oxidation sites excluding steroid dienone is 1. The third kappa shape index (κ3) is 8.01. The quantitative estimate of drug-likeness (QED) is 0.102. The van der Waals surface area contributed by atoms with Crippen molar-refractivity contribution < 1.29 is 18.3 Å². The van der Waals surface area contributed by atoms with E-state index < -0.39 is 11.6 Å². The van der Waals surface area contributed by atoms with Gasteiger partial charge in [0.05, 0.1) is 36.1 Å². The molecule has 5 aromatic rings. The number of benzene rings is 3. The highest BCUT2D eigenvalue weighted by Crippen LogP contribution is 2.46. The van der Waals surface area contributed by atoms with Crippen molar-refractivity contribution in [2.45, 2.75) is 60.3 Å². The molecule has 4 nitrogen and oxygen atoms in total. The van der Waals surface area contributed by atoms with Crippen molar-refractivity contribution in [3.05, 3.63) is 96.1 Å². The van der Waals surface area contributed by atoms with Gasteiger partial charge in [-0.3, -0.25) is 0 Å². The van der Waals surface area contributed by atoms with Crippen LogP contribution >= 0.6 is 34.8 Å². The molecule has 0 bridgehead atoms. The lowest BCUT2D eigenvalue weighted by molar-refractivity contribution is 0.240. The van der Waals surface area contributed by atoms with Gasteiger partial charge < -0.3 is 9.47 Å². The third-order valence-electron chi connectivity index (χ3n) is 8.78. The molecule has 48 heavy (non-hydrogen) atoms. The minimum Gasteiger partial charge on any atom is -0.493 e. The van der Waals surface area contributed by atoms with Crippen LogP contribution in [0.4, 0.5) is 8.78 Å². The summed E-state index contributed by atoms with van der Waals surface area (Å²) in [5, 5.41) is 0. The third-order valence-corrected chi connectivity index (χ3v) is 11.6. The summed E-state index contributed by atoms with van der Waals surface area (Å²) in [7, 11) is 0. The SMILES string of the molecule is C=C(S/C(=C\C)c1ccc(OCC(CC)CC)cc1)c1c(F)c(F)c(-c2ccc(-c3ccc(OCC(CC)CC)cc3)s2)c2nsnc12. The normalized spacial score (nSPS) is 12.0. The molecular weight excluding hydrogens is 663 g/mol. The zero-order valence-electron chi connectivity index (χ0n) is 28.1. The number of fused-ring (bicyclic) bond motifs is 1. The second-order valence-electron chi connectivity index (χ2n) is 11.7. The minimum absolute atomic E-state index is 0.0373. The lowest BCUT2D eigenvalue weighted by Crippen LogP contribution is -2.09. The molecule has 0 fully saturated rings. The van der Waals surface area contributed by atoms with E-state index in [1.54, 1.807) is 0 Å². The summed E-state index contributed by atoms with van der Waals surface area (Å²) in [6.07, 6.45) is 6.26. The number of ether oxygens (including phenoxy) is 2. The predicted molar refractivity (Wildman–Crippen MR) is 202 cm³/mol. The molecule has 0 saturated heterocycles. The number of hydrogen-bond acceptors (Lipinski definition) is 7. The van der Waals surface area contributed by atoms with Crippen molar-refractivity contribution in [2.24, 2.45) is 11.8 Å². The smallest absolute Gasteiger partial charge is 0.170 e. The van der Waals surface area contributed by atoms with Crippen molar-refractivity contribution >= 4 is 55.7 Å². The van der Waals surface area contributed by atoms with E-state index in [1.807, 2.05) is 73.7 Å². The largest absolute Gasteiger partial charge is 0.493 e. The van der Waals surface area contributed by atoms with Crippen LogP contribution in [0, 0.1) is 23.5 Å². The summed E-state index contributed by atoms with van der Waals surface area (Å²) in [5.74, 6) is 0.755. The summed E-state index contributed by atoms with van der Waals surface area (Å²) >= 11 is 3.61. The number of nitrogens with zero attached hydrogens (tertiary/aromatic N) is 2. The van der Waals surface area contributed by atoms with E-state index in [4.69, 9.17) is 9.47 Å². The summed E-state index contributed by atoms with van der Waals surface area (Å²) in [6, 6.07) is 19.5. The average molecular weight is 705 g/mol. The molecule has 2 heterocycles. The Labute approximate surface area is 295 Å². The molecular formula is C39H42F2N2O2S3. The number of rotatable bonds is 16. The fourth-order valence-corrected chi connectivity index (χ4v) is 7.96. The number of aromatic nitrogens is 2. The number of halogens is 2. The van der Waals surface area contributed by atoms with Crippen molar-refractivity contribution in [2.75, 3.05) is 13.2 Å². The van der Waals surface area contributed by atoms with Crippen LogP contribution < -0.4 is 9.47 Å². The van der Waals surface area contributed by atoms with Gasteiger partial charge >= 0.3 is 0 Å². The van der Waals surface area contributed by atoms with Gasteiger partial charge in [-0.1, -0.05) is 89.9 Å². The fourth-order valence-electron chi connectivity index (χ4n) is 5.43. The molecule has 0 aliphatic carbocycles. The van der Waals surface area contributed by atoms with Crippen LogP contribution in [0.15, 0.2) is 73.3 Å². The highest BCUT2D eigenvalue weighted by atomic mass is 32.2. The lowest BCUT2D eigenvalue weighted by Gasteiger charge is -2.15. The van der Waals surface area contributed by atoms with Gasteiger partial charge in [0.1, 0.15) is 22.5 Å². The molecule has 0 aliphatic rings. The van der Waals surface area contributed by atoms with E-state index >= 15 is 8.78 Å². The van der Waals surface area contributed by atoms with Crippen molar-refractivity contribution in [3.8, 4) is 32.4 Å². The predicted octanol–water partition coefficient (Wildman–Crippen LogP) is 12.8. The first-order valence-electron chi connectivity index (χ1n) is 16.5. The van der Waals surface area contributed by atoms with Gasteiger partial charge in [0.25, 0.3) is 0 Å². The van der Waals surface area contributed by atoms with Crippen molar-refractivity contribution in [1.29, 1.82) is 0 Å². The van der Waals surface area contributed by atoms with E-state index in [9.17, 15) is 0 Å². The zero-order valence-corrected chi connectivity index (χ0v) is 30.6. The van der Waals surface area contributed by atoms with Crippen LogP contribution in [0.25, 0.3) is 41.7 Å². The maximum atomic E-state index is 16.0. The standard InChI is InChI=1S/C39H42F2N2O2S3/c1-7-25(8-2)22-44-29-16-12-27(13-17-29)31(11-5)46-24(6)34-36(40)37(41)35(39-38(34)42-48-43-39)33-21-20-32(47-33)28-14-18-30(19-15-28)45-23-26(9-3)10-4/h11-21,25-26H,6-10,22-23H2,1-5H3/b31-11-. The molecule has 0 saturated carbocycles. The molecule has 9 heteroatoms. The molecule has 0 unspecified atom stereocenters. The minimum atomic E-state index is -0.975. The molecule has 0 atom stereocenters. The molecule has 0 N–H and O–H groups in total. The maximum Gasteiger partial charge on any atom is 0.170 e. The number of thiophene rings is 1. The van der Waals surface area contributed by atoms with Crippen LogP contribution in [0.1, 0.15) is 71.4 Å². The second-order valence-corrected chi connectivity index (χ2v) is 14.5. The first kappa shape index (κ1) is 35.8. The number of thioether (sulfide) groups is 1. The average Bonchev–Trinajstić information content (AvgIpc) is 3.80. The van der Waals surface area contributed by atoms with E-state index in [-0.39, 0.29) is 11.1 Å². The van der Waals surface area contributed by atoms with Gasteiger partial charge in [-0.15, -0.1) is 11.3 Å². The Kier molecular flexibility index (Phi) is 12.5. The summed E-state index contributed by atoms with van der Waals surface area (Å²) in [6.45, 7) is 16.1.